The molecule has 0 aliphatic carbocycles. The molecule has 102 valence electrons. The molecule has 0 aromatic heterocycles. The summed E-state index contributed by atoms with van der Waals surface area (Å²) in [5.41, 5.74) is 0. The molecule has 0 N–H and O–H groups in total. The zero-order valence-corrected chi connectivity index (χ0v) is 12.2. The Hall–Kier alpha value is -0.650. The largest absolute Gasteiger partial charge is 0.492 e. The molecular formula is C13H18BrFO3. The quantitative estimate of drug-likeness (QED) is 0.683. The highest BCUT2D eigenvalue weighted by molar-refractivity contribution is 9.10. The molecule has 1 aromatic carbocycles. The number of ether oxygens (including phenoxy) is 3. The summed E-state index contributed by atoms with van der Waals surface area (Å²) >= 11 is 3.30. The van der Waals surface area contributed by atoms with Gasteiger partial charge < -0.3 is 14.2 Å². The molecule has 1 aromatic rings. The van der Waals surface area contributed by atoms with Gasteiger partial charge in [-0.3, -0.25) is 0 Å². The van der Waals surface area contributed by atoms with E-state index in [0.717, 1.165) is 4.47 Å². The third kappa shape index (κ3) is 5.33. The van der Waals surface area contributed by atoms with Gasteiger partial charge in [0.1, 0.15) is 11.6 Å². The van der Waals surface area contributed by atoms with Gasteiger partial charge in [0, 0.05) is 25.7 Å². The van der Waals surface area contributed by atoms with Crippen molar-refractivity contribution in [2.24, 2.45) is 0 Å². The van der Waals surface area contributed by atoms with Crippen molar-refractivity contribution in [1.82, 2.24) is 0 Å². The summed E-state index contributed by atoms with van der Waals surface area (Å²) in [7, 11) is 0. The van der Waals surface area contributed by atoms with Gasteiger partial charge in [-0.2, -0.15) is 0 Å². The highest BCUT2D eigenvalue weighted by Crippen LogP contribution is 2.25. The normalized spacial score (nSPS) is 10.9. The molecule has 0 aliphatic heterocycles. The third-order valence-electron chi connectivity index (χ3n) is 2.21. The lowest BCUT2D eigenvalue weighted by atomic mass is 10.3. The molecule has 0 unspecified atom stereocenters. The number of rotatable bonds is 8. The Labute approximate surface area is 115 Å². The van der Waals surface area contributed by atoms with Gasteiger partial charge in [-0.15, -0.1) is 0 Å². The first-order valence-corrected chi connectivity index (χ1v) is 6.77. The minimum Gasteiger partial charge on any atom is -0.492 e. The Balaban J connectivity index is 2.41. The van der Waals surface area contributed by atoms with Crippen molar-refractivity contribution in [3.05, 3.63) is 28.5 Å². The lowest BCUT2D eigenvalue weighted by Gasteiger charge is -2.17. The average molecular weight is 321 g/mol. The van der Waals surface area contributed by atoms with E-state index in [-0.39, 0.29) is 12.1 Å². The van der Waals surface area contributed by atoms with Gasteiger partial charge in [0.05, 0.1) is 11.1 Å². The van der Waals surface area contributed by atoms with Crippen LogP contribution in [0.1, 0.15) is 20.3 Å². The first-order valence-electron chi connectivity index (χ1n) is 5.98. The molecule has 1 rings (SSSR count). The van der Waals surface area contributed by atoms with Crippen LogP contribution in [0.25, 0.3) is 0 Å². The first kappa shape index (κ1) is 15.4. The van der Waals surface area contributed by atoms with Gasteiger partial charge in [0.2, 0.25) is 0 Å². The Morgan fingerprint density at radius 1 is 1.22 bits per heavy atom. The van der Waals surface area contributed by atoms with Crippen molar-refractivity contribution >= 4 is 15.9 Å². The lowest BCUT2D eigenvalue weighted by Crippen LogP contribution is -2.20. The fourth-order valence-corrected chi connectivity index (χ4v) is 1.80. The van der Waals surface area contributed by atoms with Crippen LogP contribution in [-0.2, 0) is 9.47 Å². The maximum atomic E-state index is 13.0. The fraction of sp³-hybridized carbons (Fsp3) is 0.538. The molecule has 3 nitrogen and oxygen atoms in total. The molecule has 0 radical (unpaired) electrons. The smallest absolute Gasteiger partial charge is 0.160 e. The molecule has 5 heteroatoms. The maximum absolute atomic E-state index is 13.0. The summed E-state index contributed by atoms with van der Waals surface area (Å²) in [6, 6.07) is 4.34. The highest BCUT2D eigenvalue weighted by atomic mass is 79.9. The van der Waals surface area contributed by atoms with Crippen LogP contribution in [0.4, 0.5) is 4.39 Å². The van der Waals surface area contributed by atoms with E-state index >= 15 is 0 Å². The minimum atomic E-state index is -0.320. The molecule has 0 fully saturated rings. The number of benzene rings is 1. The van der Waals surface area contributed by atoms with Crippen molar-refractivity contribution in [3.63, 3.8) is 0 Å². The molecule has 0 amide bonds. The van der Waals surface area contributed by atoms with Crippen LogP contribution in [-0.4, -0.2) is 26.1 Å². The van der Waals surface area contributed by atoms with E-state index in [2.05, 4.69) is 15.9 Å². The Bertz CT molecular complexity index is 354. The van der Waals surface area contributed by atoms with Gasteiger partial charge in [0.15, 0.2) is 6.29 Å². The van der Waals surface area contributed by atoms with Crippen molar-refractivity contribution in [3.8, 4) is 5.75 Å². The fourth-order valence-electron chi connectivity index (χ4n) is 1.44. The molecule has 0 spiro atoms. The van der Waals surface area contributed by atoms with Gasteiger partial charge in [0.25, 0.3) is 0 Å². The van der Waals surface area contributed by atoms with Crippen molar-refractivity contribution in [1.29, 1.82) is 0 Å². The zero-order valence-electron chi connectivity index (χ0n) is 10.6. The molecule has 0 bridgehead atoms. The second kappa shape index (κ2) is 8.45. The van der Waals surface area contributed by atoms with Gasteiger partial charge >= 0.3 is 0 Å². The summed E-state index contributed by atoms with van der Waals surface area (Å²) in [6.07, 6.45) is 0.331. The predicted molar refractivity (Wildman–Crippen MR) is 71.3 cm³/mol. The van der Waals surface area contributed by atoms with E-state index in [1.165, 1.54) is 12.1 Å². The minimum absolute atomic E-state index is 0.271. The molecule has 18 heavy (non-hydrogen) atoms. The molecule has 0 saturated carbocycles. The predicted octanol–water partition coefficient (Wildman–Crippen LogP) is 3.76. The van der Waals surface area contributed by atoms with Gasteiger partial charge in [-0.25, -0.2) is 4.39 Å². The maximum Gasteiger partial charge on any atom is 0.160 e. The van der Waals surface area contributed by atoms with E-state index in [0.29, 0.717) is 32.0 Å². The highest BCUT2D eigenvalue weighted by Gasteiger charge is 2.09. The van der Waals surface area contributed by atoms with Gasteiger partial charge in [-0.1, -0.05) is 0 Å². The van der Waals surface area contributed by atoms with E-state index < -0.39 is 0 Å². The summed E-state index contributed by atoms with van der Waals surface area (Å²) < 4.78 is 30.0. The van der Waals surface area contributed by atoms with Crippen LogP contribution >= 0.6 is 15.9 Å². The molecule has 0 saturated heterocycles. The van der Waals surface area contributed by atoms with Crippen LogP contribution in [0.15, 0.2) is 22.7 Å². The van der Waals surface area contributed by atoms with E-state index in [1.54, 1.807) is 6.07 Å². The van der Waals surface area contributed by atoms with Crippen LogP contribution in [0.2, 0.25) is 0 Å². The summed E-state index contributed by atoms with van der Waals surface area (Å²) in [6.45, 7) is 5.42. The van der Waals surface area contributed by atoms with Crippen LogP contribution in [0, 0.1) is 5.82 Å². The molecular weight excluding hydrogens is 303 g/mol. The van der Waals surface area contributed by atoms with E-state index in [9.17, 15) is 4.39 Å². The van der Waals surface area contributed by atoms with Crippen molar-refractivity contribution in [2.45, 2.75) is 26.6 Å². The monoisotopic (exact) mass is 320 g/mol. The standard InChI is InChI=1S/C13H18BrFO3/c1-3-16-13(17-4-2)7-8-18-12-9-10(15)5-6-11(12)14/h5-6,9,13H,3-4,7-8H2,1-2H3. The zero-order chi connectivity index (χ0) is 13.4. The summed E-state index contributed by atoms with van der Waals surface area (Å²) in [5.74, 6) is 0.168. The Morgan fingerprint density at radius 2 is 1.89 bits per heavy atom. The Morgan fingerprint density at radius 3 is 2.50 bits per heavy atom. The lowest BCUT2D eigenvalue weighted by molar-refractivity contribution is -0.142. The van der Waals surface area contributed by atoms with E-state index in [4.69, 9.17) is 14.2 Å². The number of halogens is 2. The van der Waals surface area contributed by atoms with Crippen LogP contribution in [0.3, 0.4) is 0 Å². The molecule has 0 atom stereocenters. The van der Waals surface area contributed by atoms with Crippen LogP contribution < -0.4 is 4.74 Å². The SMILES string of the molecule is CCOC(CCOc1cc(F)ccc1Br)OCC. The average Bonchev–Trinajstić information content (AvgIpc) is 2.34. The third-order valence-corrected chi connectivity index (χ3v) is 2.86. The summed E-state index contributed by atoms with van der Waals surface area (Å²) in [4.78, 5) is 0. The summed E-state index contributed by atoms with van der Waals surface area (Å²) in [5, 5.41) is 0. The molecule has 0 aliphatic rings. The molecule has 0 heterocycles. The Kier molecular flexibility index (Phi) is 7.23. The number of hydrogen-bond donors (Lipinski definition) is 0. The van der Waals surface area contributed by atoms with Crippen molar-refractivity contribution in [2.75, 3.05) is 19.8 Å². The topological polar surface area (TPSA) is 27.7 Å². The second-order valence-corrected chi connectivity index (χ2v) is 4.41. The van der Waals surface area contributed by atoms with E-state index in [1.807, 2.05) is 13.8 Å². The van der Waals surface area contributed by atoms with Gasteiger partial charge in [-0.05, 0) is 41.9 Å². The number of hydrogen-bond acceptors (Lipinski definition) is 3. The van der Waals surface area contributed by atoms with Crippen LogP contribution in [0.5, 0.6) is 5.75 Å². The first-order chi connectivity index (χ1) is 8.67. The van der Waals surface area contributed by atoms with Crippen molar-refractivity contribution < 1.29 is 18.6 Å². The second-order valence-electron chi connectivity index (χ2n) is 3.55.